The Morgan fingerprint density at radius 1 is 1.73 bits per heavy atom. The average Bonchev–Trinajstić information content (AvgIpc) is 2.00. The summed E-state index contributed by atoms with van der Waals surface area (Å²) in [7, 11) is 0. The molecule has 60 valence electrons. The van der Waals surface area contributed by atoms with Crippen LogP contribution in [0, 0.1) is 11.3 Å². The molecule has 0 fully saturated rings. The maximum absolute atomic E-state index is 10.4. The van der Waals surface area contributed by atoms with E-state index in [1.165, 1.54) is 13.8 Å². The van der Waals surface area contributed by atoms with Crippen LogP contribution in [0.5, 0.6) is 0 Å². The molecule has 11 heavy (non-hydrogen) atoms. The highest BCUT2D eigenvalue weighted by Crippen LogP contribution is 2.06. The van der Waals surface area contributed by atoms with Crippen molar-refractivity contribution in [3.05, 3.63) is 0 Å². The molecule has 0 aromatic heterocycles. The van der Waals surface area contributed by atoms with Gasteiger partial charge >= 0.3 is 6.03 Å². The van der Waals surface area contributed by atoms with Crippen LogP contribution in [0.2, 0.25) is 0 Å². The Morgan fingerprint density at radius 3 is 2.64 bits per heavy atom. The minimum atomic E-state index is -0.980. The number of nitrogens with one attached hydrogen (secondary N) is 1. The highest BCUT2D eigenvalue weighted by atomic mass is 16.2. The number of amides is 2. The van der Waals surface area contributed by atoms with Gasteiger partial charge in [-0.05, 0) is 13.8 Å². The standard InChI is InChI=1S/C5H9N5O/c1-5(2,3-6)10-9-4(11)8-7/h7H2,1-2H3,(H,8,11). The second kappa shape index (κ2) is 3.63. The summed E-state index contributed by atoms with van der Waals surface area (Å²) >= 11 is 0. The molecule has 0 radical (unpaired) electrons. The third kappa shape index (κ3) is 4.00. The molecule has 0 aliphatic heterocycles. The van der Waals surface area contributed by atoms with Crippen LogP contribution in [-0.4, -0.2) is 11.6 Å². The van der Waals surface area contributed by atoms with Gasteiger partial charge in [0.2, 0.25) is 0 Å². The van der Waals surface area contributed by atoms with Gasteiger partial charge in [-0.15, -0.1) is 0 Å². The molecule has 0 spiro atoms. The minimum Gasteiger partial charge on any atom is -0.273 e. The summed E-state index contributed by atoms with van der Waals surface area (Å²) in [5.74, 6) is 4.71. The van der Waals surface area contributed by atoms with Crippen LogP contribution in [0.4, 0.5) is 4.79 Å². The zero-order valence-electron chi connectivity index (χ0n) is 6.33. The molecule has 0 unspecified atom stereocenters. The van der Waals surface area contributed by atoms with Crippen LogP contribution in [0.25, 0.3) is 0 Å². The summed E-state index contributed by atoms with van der Waals surface area (Å²) in [6.07, 6.45) is 0. The highest BCUT2D eigenvalue weighted by Gasteiger charge is 2.14. The molecule has 0 aliphatic carbocycles. The van der Waals surface area contributed by atoms with Gasteiger partial charge in [0.1, 0.15) is 0 Å². The van der Waals surface area contributed by atoms with E-state index in [4.69, 9.17) is 11.1 Å². The van der Waals surface area contributed by atoms with Gasteiger partial charge in [0.25, 0.3) is 0 Å². The number of carbonyl (C=O) groups is 1. The molecule has 0 saturated carbocycles. The Hall–Kier alpha value is -1.48. The molecule has 0 aliphatic rings. The molecule has 6 heteroatoms. The van der Waals surface area contributed by atoms with E-state index >= 15 is 0 Å². The maximum Gasteiger partial charge on any atom is 0.373 e. The van der Waals surface area contributed by atoms with Crippen LogP contribution in [-0.2, 0) is 0 Å². The lowest BCUT2D eigenvalue weighted by Gasteiger charge is -2.03. The number of nitrogens with two attached hydrogens (primary N) is 1. The normalized spacial score (nSPS) is 11.1. The van der Waals surface area contributed by atoms with E-state index in [0.717, 1.165) is 0 Å². The molecule has 0 saturated heterocycles. The fourth-order valence-corrected chi connectivity index (χ4v) is 0.222. The summed E-state index contributed by atoms with van der Waals surface area (Å²) in [6, 6.07) is 1.07. The number of nitrogens with zero attached hydrogens (tertiary/aromatic N) is 3. The molecular formula is C5H9N5O. The van der Waals surface area contributed by atoms with E-state index in [-0.39, 0.29) is 0 Å². The summed E-state index contributed by atoms with van der Waals surface area (Å²) in [6.45, 7) is 3.06. The number of hydrogen-bond acceptors (Lipinski definition) is 4. The lowest BCUT2D eigenvalue weighted by molar-refractivity contribution is 0.247. The second-order valence-electron chi connectivity index (χ2n) is 2.32. The SMILES string of the molecule is CC(C)(C#N)N=NC(=O)NN. The number of rotatable bonds is 1. The van der Waals surface area contributed by atoms with Crippen LogP contribution in [0.1, 0.15) is 13.8 Å². The average molecular weight is 155 g/mol. The van der Waals surface area contributed by atoms with Gasteiger partial charge in [-0.3, -0.25) is 5.43 Å². The molecule has 0 aromatic rings. The quantitative estimate of drug-likeness (QED) is 0.246. The Kier molecular flexibility index (Phi) is 3.14. The molecule has 3 N–H and O–H groups in total. The van der Waals surface area contributed by atoms with Crippen molar-refractivity contribution < 1.29 is 4.79 Å². The zero-order valence-corrected chi connectivity index (χ0v) is 6.33. The molecule has 0 heterocycles. The number of urea groups is 1. The molecule has 0 aromatic carbocycles. The van der Waals surface area contributed by atoms with Crippen molar-refractivity contribution in [3.8, 4) is 6.07 Å². The van der Waals surface area contributed by atoms with Crippen molar-refractivity contribution in [1.82, 2.24) is 5.43 Å². The Labute approximate surface area is 64.1 Å². The number of azo groups is 1. The van der Waals surface area contributed by atoms with E-state index in [1.807, 2.05) is 6.07 Å². The molecule has 0 rings (SSSR count). The zero-order chi connectivity index (χ0) is 8.91. The summed E-state index contributed by atoms with van der Waals surface area (Å²) in [4.78, 5) is 10.4. The van der Waals surface area contributed by atoms with Gasteiger partial charge in [0.05, 0.1) is 6.07 Å². The summed E-state index contributed by atoms with van der Waals surface area (Å²) in [5, 5.41) is 14.9. The minimum absolute atomic E-state index is 0.770. The van der Waals surface area contributed by atoms with Crippen LogP contribution in [0.3, 0.4) is 0 Å². The fourth-order valence-electron chi connectivity index (χ4n) is 0.222. The maximum atomic E-state index is 10.4. The lowest BCUT2D eigenvalue weighted by Crippen LogP contribution is -2.27. The van der Waals surface area contributed by atoms with Gasteiger partial charge in [0, 0.05) is 0 Å². The first-order valence-corrected chi connectivity index (χ1v) is 2.86. The largest absolute Gasteiger partial charge is 0.373 e. The van der Waals surface area contributed by atoms with Gasteiger partial charge in [0.15, 0.2) is 5.54 Å². The van der Waals surface area contributed by atoms with Crippen molar-refractivity contribution in [3.63, 3.8) is 0 Å². The third-order valence-electron chi connectivity index (χ3n) is 0.788. The first-order chi connectivity index (χ1) is 5.02. The Bertz CT molecular complexity index is 213. The smallest absolute Gasteiger partial charge is 0.273 e. The number of hydrogen-bond donors (Lipinski definition) is 2. The van der Waals surface area contributed by atoms with Crippen LogP contribution >= 0.6 is 0 Å². The van der Waals surface area contributed by atoms with Gasteiger partial charge in [-0.1, -0.05) is 5.11 Å². The van der Waals surface area contributed by atoms with Crippen molar-refractivity contribution >= 4 is 6.03 Å². The van der Waals surface area contributed by atoms with Gasteiger partial charge < -0.3 is 0 Å². The Balaban J connectivity index is 4.15. The highest BCUT2D eigenvalue weighted by molar-refractivity contribution is 5.73. The molecule has 0 atom stereocenters. The fraction of sp³-hybridized carbons (Fsp3) is 0.600. The lowest BCUT2D eigenvalue weighted by atomic mass is 10.1. The van der Waals surface area contributed by atoms with E-state index in [0.29, 0.717) is 0 Å². The first-order valence-electron chi connectivity index (χ1n) is 2.86. The topological polar surface area (TPSA) is 104 Å². The van der Waals surface area contributed by atoms with Crippen LogP contribution < -0.4 is 11.3 Å². The van der Waals surface area contributed by atoms with Crippen molar-refractivity contribution in [2.45, 2.75) is 19.4 Å². The molecular weight excluding hydrogens is 146 g/mol. The van der Waals surface area contributed by atoms with E-state index < -0.39 is 11.6 Å². The van der Waals surface area contributed by atoms with Crippen molar-refractivity contribution in [2.75, 3.05) is 0 Å². The van der Waals surface area contributed by atoms with Crippen molar-refractivity contribution in [2.24, 2.45) is 16.1 Å². The second-order valence-corrected chi connectivity index (χ2v) is 2.32. The summed E-state index contributed by atoms with van der Waals surface area (Å²) < 4.78 is 0. The number of nitriles is 1. The predicted molar refractivity (Wildman–Crippen MR) is 37.3 cm³/mol. The molecule has 2 amide bonds. The summed E-state index contributed by atoms with van der Waals surface area (Å²) in [5.41, 5.74) is 0.773. The van der Waals surface area contributed by atoms with E-state index in [1.54, 1.807) is 5.43 Å². The van der Waals surface area contributed by atoms with E-state index in [9.17, 15) is 4.79 Å². The monoisotopic (exact) mass is 155 g/mol. The van der Waals surface area contributed by atoms with E-state index in [2.05, 4.69) is 10.2 Å². The molecule has 0 bridgehead atoms. The van der Waals surface area contributed by atoms with Crippen LogP contribution in [0.15, 0.2) is 10.2 Å². The van der Waals surface area contributed by atoms with Gasteiger partial charge in [-0.25, -0.2) is 10.6 Å². The first kappa shape index (κ1) is 9.52. The third-order valence-corrected chi connectivity index (χ3v) is 0.788. The molecule has 6 nitrogen and oxygen atoms in total. The van der Waals surface area contributed by atoms with Gasteiger partial charge in [-0.2, -0.15) is 10.4 Å². The van der Waals surface area contributed by atoms with Crippen molar-refractivity contribution in [1.29, 1.82) is 5.26 Å². The predicted octanol–water partition coefficient (Wildman–Crippen LogP) is 0.324. The number of carbonyl (C=O) groups excluding carboxylic acids is 1. The number of hydrazine groups is 1. The Morgan fingerprint density at radius 2 is 2.27 bits per heavy atom.